The van der Waals surface area contributed by atoms with Crippen molar-refractivity contribution in [2.45, 2.75) is 0 Å². The average Bonchev–Trinajstić information content (AvgIpc) is 2.29. The molecule has 1 rings (SSSR count). The van der Waals surface area contributed by atoms with E-state index in [1.54, 1.807) is 0 Å². The summed E-state index contributed by atoms with van der Waals surface area (Å²) in [5.74, 6) is -0.244. The van der Waals surface area contributed by atoms with E-state index in [0.29, 0.717) is 12.4 Å². The van der Waals surface area contributed by atoms with Crippen LogP contribution in [0.1, 0.15) is 0 Å². The molecular formula is C9H11ClN4O4. The van der Waals surface area contributed by atoms with Crippen LogP contribution in [0.4, 0.5) is 11.5 Å². The number of aromatic nitrogens is 1. The number of nitrogens with zero attached hydrogens (tertiary/aromatic N) is 2. The van der Waals surface area contributed by atoms with Gasteiger partial charge in [0.15, 0.2) is 0 Å². The zero-order chi connectivity index (χ0) is 13.5. The number of halogens is 1. The smallest absolute Gasteiger partial charge is 0.289 e. The normalized spacial score (nSPS) is 10.1. The van der Waals surface area contributed by atoms with E-state index >= 15 is 0 Å². The first kappa shape index (κ1) is 14.1. The van der Waals surface area contributed by atoms with Gasteiger partial charge >= 0.3 is 0 Å². The van der Waals surface area contributed by atoms with Gasteiger partial charge in [0.1, 0.15) is 18.6 Å². The Morgan fingerprint density at radius 1 is 1.67 bits per heavy atom. The number of carbonyl (C=O) groups excluding carboxylic acids is 1. The highest BCUT2D eigenvalue weighted by molar-refractivity contribution is 6.33. The molecule has 8 nitrogen and oxygen atoms in total. The van der Waals surface area contributed by atoms with Gasteiger partial charge in [-0.3, -0.25) is 14.9 Å². The minimum Gasteiger partial charge on any atom is -0.370 e. The van der Waals surface area contributed by atoms with Gasteiger partial charge in [0, 0.05) is 12.6 Å². The Hall–Kier alpha value is -1.93. The molecule has 0 bridgehead atoms. The lowest BCUT2D eigenvalue weighted by Gasteiger charge is -2.06. The third-order valence-electron chi connectivity index (χ3n) is 1.82. The molecule has 0 saturated carbocycles. The number of ether oxygens (including phenoxy) is 1. The monoisotopic (exact) mass is 274 g/mol. The van der Waals surface area contributed by atoms with Crippen molar-refractivity contribution in [1.82, 2.24) is 4.98 Å². The SMILES string of the molecule is NC(=O)COCCNc1ncc([N+](=O)[O-])cc1Cl. The first-order valence-corrected chi connectivity index (χ1v) is 5.28. The molecule has 0 aliphatic heterocycles. The van der Waals surface area contributed by atoms with Crippen molar-refractivity contribution < 1.29 is 14.5 Å². The van der Waals surface area contributed by atoms with Gasteiger partial charge in [-0.15, -0.1) is 0 Å². The molecule has 1 amide bonds. The van der Waals surface area contributed by atoms with Crippen LogP contribution in [0.15, 0.2) is 12.3 Å². The fraction of sp³-hybridized carbons (Fsp3) is 0.333. The van der Waals surface area contributed by atoms with Gasteiger partial charge in [-0.25, -0.2) is 4.98 Å². The van der Waals surface area contributed by atoms with Crippen molar-refractivity contribution in [2.75, 3.05) is 25.1 Å². The van der Waals surface area contributed by atoms with Crippen LogP contribution >= 0.6 is 11.6 Å². The Bertz CT molecular complexity index is 454. The Morgan fingerprint density at radius 3 is 2.94 bits per heavy atom. The van der Waals surface area contributed by atoms with E-state index in [9.17, 15) is 14.9 Å². The van der Waals surface area contributed by atoms with E-state index in [2.05, 4.69) is 10.3 Å². The molecule has 0 atom stereocenters. The summed E-state index contributed by atoms with van der Waals surface area (Å²) in [5, 5.41) is 13.4. The van der Waals surface area contributed by atoms with Gasteiger partial charge < -0.3 is 15.8 Å². The van der Waals surface area contributed by atoms with Crippen molar-refractivity contribution in [2.24, 2.45) is 5.73 Å². The second kappa shape index (κ2) is 6.72. The Morgan fingerprint density at radius 2 is 2.39 bits per heavy atom. The van der Waals surface area contributed by atoms with Gasteiger partial charge in [0.2, 0.25) is 5.91 Å². The number of pyridine rings is 1. The largest absolute Gasteiger partial charge is 0.370 e. The minimum atomic E-state index is -0.585. The zero-order valence-electron chi connectivity index (χ0n) is 9.26. The fourth-order valence-corrected chi connectivity index (χ4v) is 1.30. The van der Waals surface area contributed by atoms with Gasteiger partial charge in [0.25, 0.3) is 5.69 Å². The average molecular weight is 275 g/mol. The molecule has 0 aliphatic carbocycles. The van der Waals surface area contributed by atoms with Crippen LogP contribution < -0.4 is 11.1 Å². The number of nitro groups is 1. The third-order valence-corrected chi connectivity index (χ3v) is 2.11. The lowest BCUT2D eigenvalue weighted by atomic mass is 10.4. The lowest BCUT2D eigenvalue weighted by Crippen LogP contribution is -2.20. The maximum Gasteiger partial charge on any atom is 0.289 e. The number of nitrogens with one attached hydrogen (secondary N) is 1. The lowest BCUT2D eigenvalue weighted by molar-refractivity contribution is -0.385. The summed E-state index contributed by atoms with van der Waals surface area (Å²) in [7, 11) is 0. The van der Waals surface area contributed by atoms with E-state index in [1.165, 1.54) is 6.07 Å². The number of nitrogens with two attached hydrogens (primary N) is 1. The molecule has 1 aromatic rings. The predicted molar refractivity (Wildman–Crippen MR) is 64.4 cm³/mol. The second-order valence-electron chi connectivity index (χ2n) is 3.23. The summed E-state index contributed by atoms with van der Waals surface area (Å²) >= 11 is 5.79. The molecule has 0 radical (unpaired) electrons. The quantitative estimate of drug-likeness (QED) is 0.426. The standard InChI is InChI=1S/C9H11ClN4O4/c10-7-3-6(14(16)17)4-13-9(7)12-1-2-18-5-8(11)15/h3-4H,1-2,5H2,(H2,11,15)(H,12,13). The van der Waals surface area contributed by atoms with Crippen molar-refractivity contribution in [1.29, 1.82) is 0 Å². The zero-order valence-corrected chi connectivity index (χ0v) is 10.0. The van der Waals surface area contributed by atoms with E-state index in [0.717, 1.165) is 6.20 Å². The molecule has 0 spiro atoms. The molecular weight excluding hydrogens is 264 g/mol. The molecule has 98 valence electrons. The van der Waals surface area contributed by atoms with Crippen molar-refractivity contribution in [3.63, 3.8) is 0 Å². The highest BCUT2D eigenvalue weighted by atomic mass is 35.5. The third kappa shape index (κ3) is 4.52. The van der Waals surface area contributed by atoms with E-state index in [4.69, 9.17) is 22.1 Å². The Kier molecular flexibility index (Phi) is 5.28. The molecule has 18 heavy (non-hydrogen) atoms. The first-order valence-electron chi connectivity index (χ1n) is 4.90. The number of anilines is 1. The van der Waals surface area contributed by atoms with Crippen molar-refractivity contribution in [3.05, 3.63) is 27.4 Å². The highest BCUT2D eigenvalue weighted by Gasteiger charge is 2.10. The number of primary amides is 1. The molecule has 1 aromatic heterocycles. The van der Waals surface area contributed by atoms with Crippen LogP contribution in [0.2, 0.25) is 5.02 Å². The number of hydrogen-bond acceptors (Lipinski definition) is 6. The molecule has 3 N–H and O–H groups in total. The van der Waals surface area contributed by atoms with Gasteiger partial charge in [-0.1, -0.05) is 11.6 Å². The summed E-state index contributed by atoms with van der Waals surface area (Å²) in [6.45, 7) is 0.416. The van der Waals surface area contributed by atoms with Crippen LogP contribution in [-0.4, -0.2) is 35.6 Å². The van der Waals surface area contributed by atoms with Crippen molar-refractivity contribution in [3.8, 4) is 0 Å². The molecule has 1 heterocycles. The summed E-state index contributed by atoms with van der Waals surface area (Å²) < 4.78 is 4.90. The predicted octanol–water partition coefficient (Wildman–Crippen LogP) is 0.557. The molecule has 0 fully saturated rings. The van der Waals surface area contributed by atoms with E-state index in [1.807, 2.05) is 0 Å². The summed E-state index contributed by atoms with van der Waals surface area (Å²) in [4.78, 5) is 24.0. The summed E-state index contributed by atoms with van der Waals surface area (Å²) in [5.41, 5.74) is 4.69. The Balaban J connectivity index is 2.43. The summed E-state index contributed by atoms with van der Waals surface area (Å²) in [6, 6.07) is 1.20. The van der Waals surface area contributed by atoms with Crippen LogP contribution in [0.3, 0.4) is 0 Å². The van der Waals surface area contributed by atoms with Crippen LogP contribution in [0.5, 0.6) is 0 Å². The maximum atomic E-state index is 10.5. The van der Waals surface area contributed by atoms with Gasteiger partial charge in [-0.05, 0) is 0 Å². The maximum absolute atomic E-state index is 10.5. The molecule has 0 saturated heterocycles. The fourth-order valence-electron chi connectivity index (χ4n) is 1.07. The first-order chi connectivity index (χ1) is 8.50. The number of rotatable bonds is 7. The minimum absolute atomic E-state index is 0.138. The van der Waals surface area contributed by atoms with Crippen LogP contribution in [0.25, 0.3) is 0 Å². The molecule has 9 heteroatoms. The van der Waals surface area contributed by atoms with Gasteiger partial charge in [0.05, 0.1) is 16.6 Å². The van der Waals surface area contributed by atoms with Gasteiger partial charge in [-0.2, -0.15) is 0 Å². The highest BCUT2D eigenvalue weighted by Crippen LogP contribution is 2.23. The van der Waals surface area contributed by atoms with Crippen molar-refractivity contribution >= 4 is 29.0 Å². The number of hydrogen-bond donors (Lipinski definition) is 2. The van der Waals surface area contributed by atoms with E-state index in [-0.39, 0.29) is 23.9 Å². The van der Waals surface area contributed by atoms with E-state index < -0.39 is 10.8 Å². The van der Waals surface area contributed by atoms with Crippen LogP contribution in [-0.2, 0) is 9.53 Å². The number of amides is 1. The number of carbonyl (C=O) groups is 1. The second-order valence-corrected chi connectivity index (χ2v) is 3.63. The van der Waals surface area contributed by atoms with Crippen LogP contribution in [0, 0.1) is 10.1 Å². The molecule has 0 aromatic carbocycles. The topological polar surface area (TPSA) is 120 Å². The summed E-state index contributed by atoms with van der Waals surface area (Å²) in [6.07, 6.45) is 1.10. The molecule has 0 aliphatic rings. The Labute approximate surface area is 107 Å². The molecule has 0 unspecified atom stereocenters.